The van der Waals surface area contributed by atoms with Gasteiger partial charge in [0.2, 0.25) is 0 Å². The van der Waals surface area contributed by atoms with Crippen LogP contribution in [0.3, 0.4) is 0 Å². The normalized spacial score (nSPS) is 12.5. The van der Waals surface area contributed by atoms with Crippen molar-refractivity contribution in [2.45, 2.75) is 34.1 Å². The minimum Gasteiger partial charge on any atom is -0.319 e. The molecular formula is C15H23NO. The lowest BCUT2D eigenvalue weighted by molar-refractivity contribution is -0.121. The Labute approximate surface area is 104 Å². The monoisotopic (exact) mass is 233 g/mol. The molecule has 0 aromatic heterocycles. The van der Waals surface area contributed by atoms with Crippen molar-refractivity contribution in [1.29, 1.82) is 0 Å². The Morgan fingerprint density at radius 2 is 1.76 bits per heavy atom. The van der Waals surface area contributed by atoms with Crippen molar-refractivity contribution in [2.75, 3.05) is 13.6 Å². The molecule has 17 heavy (non-hydrogen) atoms. The predicted octanol–water partition coefficient (Wildman–Crippen LogP) is 2.58. The van der Waals surface area contributed by atoms with E-state index in [1.807, 2.05) is 14.0 Å². The Hall–Kier alpha value is -1.15. The highest BCUT2D eigenvalue weighted by Gasteiger charge is 2.15. The summed E-state index contributed by atoms with van der Waals surface area (Å²) in [6.07, 6.45) is 0.556. The summed E-state index contributed by atoms with van der Waals surface area (Å²) in [6.45, 7) is 9.01. The minimum absolute atomic E-state index is 0.0834. The van der Waals surface area contributed by atoms with E-state index in [1.54, 1.807) is 0 Å². The summed E-state index contributed by atoms with van der Waals surface area (Å²) < 4.78 is 0. The van der Waals surface area contributed by atoms with Crippen LogP contribution >= 0.6 is 0 Å². The van der Waals surface area contributed by atoms with E-state index in [4.69, 9.17) is 0 Å². The molecule has 1 rings (SSSR count). The van der Waals surface area contributed by atoms with Gasteiger partial charge >= 0.3 is 0 Å². The zero-order valence-corrected chi connectivity index (χ0v) is 11.6. The van der Waals surface area contributed by atoms with Gasteiger partial charge in [0.1, 0.15) is 5.78 Å². The van der Waals surface area contributed by atoms with Crippen LogP contribution in [-0.2, 0) is 11.2 Å². The highest BCUT2D eigenvalue weighted by atomic mass is 16.1. The maximum atomic E-state index is 12.1. The number of carbonyl (C=O) groups excluding carboxylic acids is 1. The van der Waals surface area contributed by atoms with E-state index >= 15 is 0 Å². The number of aryl methyl sites for hydroxylation is 3. The summed E-state index contributed by atoms with van der Waals surface area (Å²) in [5, 5.41) is 3.05. The van der Waals surface area contributed by atoms with Crippen molar-refractivity contribution in [3.05, 3.63) is 34.4 Å². The van der Waals surface area contributed by atoms with E-state index in [-0.39, 0.29) is 5.92 Å². The number of ketones is 1. The second kappa shape index (κ2) is 5.97. The molecule has 0 fully saturated rings. The number of hydrogen-bond acceptors (Lipinski definition) is 2. The lowest BCUT2D eigenvalue weighted by Crippen LogP contribution is -2.25. The fourth-order valence-electron chi connectivity index (χ4n) is 2.26. The Balaban J connectivity index is 2.85. The molecule has 1 aromatic carbocycles. The second-order valence-corrected chi connectivity index (χ2v) is 4.98. The summed E-state index contributed by atoms with van der Waals surface area (Å²) in [5.41, 5.74) is 4.92. The standard InChI is InChI=1S/C15H23NO/c1-10-6-11(2)14(12(3)7-10)8-15(17)13(4)9-16-5/h6-7,13,16H,8-9H2,1-5H3. The summed E-state index contributed by atoms with van der Waals surface area (Å²) in [6, 6.07) is 4.30. The first-order valence-electron chi connectivity index (χ1n) is 6.19. The first-order chi connectivity index (χ1) is 7.95. The Kier molecular flexibility index (Phi) is 4.88. The van der Waals surface area contributed by atoms with Crippen molar-refractivity contribution in [3.8, 4) is 0 Å². The average Bonchev–Trinajstić information content (AvgIpc) is 2.23. The maximum Gasteiger partial charge on any atom is 0.141 e. The molecule has 0 saturated heterocycles. The number of rotatable bonds is 5. The van der Waals surface area contributed by atoms with Gasteiger partial charge in [-0.05, 0) is 44.5 Å². The summed E-state index contributed by atoms with van der Waals surface area (Å²) in [4.78, 5) is 12.1. The molecule has 2 nitrogen and oxygen atoms in total. The largest absolute Gasteiger partial charge is 0.319 e. The molecule has 1 aromatic rings. The number of carbonyl (C=O) groups is 1. The van der Waals surface area contributed by atoms with Crippen molar-refractivity contribution < 1.29 is 4.79 Å². The summed E-state index contributed by atoms with van der Waals surface area (Å²) >= 11 is 0. The zero-order valence-electron chi connectivity index (χ0n) is 11.6. The molecule has 0 heterocycles. The van der Waals surface area contributed by atoms with E-state index in [2.05, 4.69) is 38.2 Å². The van der Waals surface area contributed by atoms with E-state index in [9.17, 15) is 4.79 Å². The van der Waals surface area contributed by atoms with Gasteiger partial charge in [-0.15, -0.1) is 0 Å². The maximum absolute atomic E-state index is 12.1. The van der Waals surface area contributed by atoms with Gasteiger partial charge in [0.15, 0.2) is 0 Å². The molecule has 0 spiro atoms. The number of hydrogen-bond donors (Lipinski definition) is 1. The molecule has 1 N–H and O–H groups in total. The highest BCUT2D eigenvalue weighted by molar-refractivity contribution is 5.83. The molecule has 0 radical (unpaired) electrons. The van der Waals surface area contributed by atoms with Crippen LogP contribution < -0.4 is 5.32 Å². The van der Waals surface area contributed by atoms with Gasteiger partial charge in [-0.1, -0.05) is 24.6 Å². The molecule has 1 unspecified atom stereocenters. The van der Waals surface area contributed by atoms with Crippen molar-refractivity contribution in [3.63, 3.8) is 0 Å². The third-order valence-electron chi connectivity index (χ3n) is 3.25. The molecule has 0 aliphatic heterocycles. The van der Waals surface area contributed by atoms with E-state index < -0.39 is 0 Å². The fraction of sp³-hybridized carbons (Fsp3) is 0.533. The molecule has 94 valence electrons. The van der Waals surface area contributed by atoms with Crippen LogP contribution in [0, 0.1) is 26.7 Å². The van der Waals surface area contributed by atoms with Crippen LogP contribution in [0.15, 0.2) is 12.1 Å². The summed E-state index contributed by atoms with van der Waals surface area (Å²) in [5.74, 6) is 0.398. The lowest BCUT2D eigenvalue weighted by Gasteiger charge is -2.14. The number of benzene rings is 1. The topological polar surface area (TPSA) is 29.1 Å². The highest BCUT2D eigenvalue weighted by Crippen LogP contribution is 2.18. The van der Waals surface area contributed by atoms with Crippen LogP contribution in [0.25, 0.3) is 0 Å². The minimum atomic E-state index is 0.0834. The fourth-order valence-corrected chi connectivity index (χ4v) is 2.26. The molecule has 0 saturated carbocycles. The van der Waals surface area contributed by atoms with Gasteiger partial charge < -0.3 is 5.32 Å². The number of nitrogens with one attached hydrogen (secondary N) is 1. The van der Waals surface area contributed by atoms with E-state index in [0.717, 1.165) is 6.54 Å². The third-order valence-corrected chi connectivity index (χ3v) is 3.25. The van der Waals surface area contributed by atoms with Gasteiger partial charge in [-0.3, -0.25) is 4.79 Å². The quantitative estimate of drug-likeness (QED) is 0.847. The number of Topliss-reactive ketones (excluding diaryl/α,β-unsaturated/α-hetero) is 1. The molecule has 1 atom stereocenters. The smallest absolute Gasteiger partial charge is 0.141 e. The predicted molar refractivity (Wildman–Crippen MR) is 72.5 cm³/mol. The van der Waals surface area contributed by atoms with Gasteiger partial charge in [0, 0.05) is 18.9 Å². The van der Waals surface area contributed by atoms with Crippen molar-refractivity contribution in [2.24, 2.45) is 5.92 Å². The lowest BCUT2D eigenvalue weighted by atomic mass is 9.92. The van der Waals surface area contributed by atoms with Gasteiger partial charge in [-0.25, -0.2) is 0 Å². The van der Waals surface area contributed by atoms with E-state index in [1.165, 1.54) is 22.3 Å². The van der Waals surface area contributed by atoms with Gasteiger partial charge in [0.05, 0.1) is 0 Å². The van der Waals surface area contributed by atoms with Gasteiger partial charge in [-0.2, -0.15) is 0 Å². The van der Waals surface area contributed by atoms with Crippen LogP contribution in [-0.4, -0.2) is 19.4 Å². The average molecular weight is 233 g/mol. The third kappa shape index (κ3) is 3.67. The SMILES string of the molecule is CNCC(C)C(=O)Cc1c(C)cc(C)cc1C. The second-order valence-electron chi connectivity index (χ2n) is 4.98. The molecular weight excluding hydrogens is 210 g/mol. The Morgan fingerprint density at radius 1 is 1.24 bits per heavy atom. The molecule has 2 heteroatoms. The Bertz CT molecular complexity index is 386. The van der Waals surface area contributed by atoms with Crippen LogP contribution in [0.5, 0.6) is 0 Å². The Morgan fingerprint density at radius 3 is 2.24 bits per heavy atom. The first kappa shape index (κ1) is 13.9. The van der Waals surface area contributed by atoms with Crippen molar-refractivity contribution >= 4 is 5.78 Å². The van der Waals surface area contributed by atoms with E-state index in [0.29, 0.717) is 12.2 Å². The van der Waals surface area contributed by atoms with Crippen molar-refractivity contribution in [1.82, 2.24) is 5.32 Å². The molecule has 0 amide bonds. The molecule has 0 aliphatic rings. The molecule has 0 bridgehead atoms. The van der Waals surface area contributed by atoms with Crippen LogP contribution in [0.4, 0.5) is 0 Å². The zero-order chi connectivity index (χ0) is 13.0. The van der Waals surface area contributed by atoms with Gasteiger partial charge in [0.25, 0.3) is 0 Å². The molecule has 0 aliphatic carbocycles. The van der Waals surface area contributed by atoms with Crippen LogP contribution in [0.1, 0.15) is 29.2 Å². The first-order valence-corrected chi connectivity index (χ1v) is 6.19. The van der Waals surface area contributed by atoms with Crippen LogP contribution in [0.2, 0.25) is 0 Å². The summed E-state index contributed by atoms with van der Waals surface area (Å²) in [7, 11) is 1.88.